The van der Waals surface area contributed by atoms with Crippen LogP contribution in [0.1, 0.15) is 62.7 Å². The molecule has 0 saturated carbocycles. The summed E-state index contributed by atoms with van der Waals surface area (Å²) < 4.78 is 1.68. The van der Waals surface area contributed by atoms with Gasteiger partial charge in [-0.1, -0.05) is 27.7 Å². The second kappa shape index (κ2) is 6.87. The van der Waals surface area contributed by atoms with Crippen molar-refractivity contribution in [3.05, 3.63) is 35.5 Å². The molecule has 0 aromatic carbocycles. The standard InChI is InChI=1S/C16H25N5O/c1-10(2)13-6-15(20-16(19-13)11(3)4)17-8-14(22)12-7-18-21(5)9-12/h6-7,9-11,14,22H,8H2,1-5H3,(H,17,19,20)/t14-/m0/s1. The maximum Gasteiger partial charge on any atom is 0.133 e. The third-order valence-electron chi connectivity index (χ3n) is 3.46. The lowest BCUT2D eigenvalue weighted by Crippen LogP contribution is -2.14. The van der Waals surface area contributed by atoms with Crippen LogP contribution in [0.4, 0.5) is 5.82 Å². The quantitative estimate of drug-likeness (QED) is 0.858. The molecule has 6 heteroatoms. The zero-order valence-corrected chi connectivity index (χ0v) is 13.9. The largest absolute Gasteiger partial charge is 0.386 e. The molecule has 0 saturated heterocycles. The van der Waals surface area contributed by atoms with Gasteiger partial charge in [-0.25, -0.2) is 9.97 Å². The number of rotatable bonds is 6. The van der Waals surface area contributed by atoms with Crippen LogP contribution in [0.25, 0.3) is 0 Å². The van der Waals surface area contributed by atoms with Crippen LogP contribution in [0, 0.1) is 0 Å². The predicted molar refractivity (Wildman–Crippen MR) is 86.9 cm³/mol. The molecule has 2 N–H and O–H groups in total. The first-order valence-corrected chi connectivity index (χ1v) is 7.66. The lowest BCUT2D eigenvalue weighted by atomic mass is 10.1. The Bertz CT molecular complexity index is 594. The second-order valence-electron chi connectivity index (χ2n) is 6.19. The Morgan fingerprint density at radius 1 is 1.18 bits per heavy atom. The molecule has 0 bridgehead atoms. The van der Waals surface area contributed by atoms with E-state index in [1.54, 1.807) is 10.9 Å². The summed E-state index contributed by atoms with van der Waals surface area (Å²) >= 11 is 0. The highest BCUT2D eigenvalue weighted by atomic mass is 16.3. The maximum absolute atomic E-state index is 10.2. The zero-order chi connectivity index (χ0) is 16.3. The van der Waals surface area contributed by atoms with Gasteiger partial charge in [-0.15, -0.1) is 0 Å². The number of aliphatic hydroxyl groups is 1. The number of nitrogens with one attached hydrogen (secondary N) is 1. The van der Waals surface area contributed by atoms with Crippen LogP contribution >= 0.6 is 0 Å². The summed E-state index contributed by atoms with van der Waals surface area (Å²) in [7, 11) is 1.83. The van der Waals surface area contributed by atoms with E-state index in [-0.39, 0.29) is 5.92 Å². The number of nitrogens with zero attached hydrogens (tertiary/aromatic N) is 4. The van der Waals surface area contributed by atoms with Crippen LogP contribution in [-0.4, -0.2) is 31.4 Å². The summed E-state index contributed by atoms with van der Waals surface area (Å²) in [6, 6.07) is 1.95. The van der Waals surface area contributed by atoms with E-state index in [0.29, 0.717) is 12.5 Å². The topological polar surface area (TPSA) is 75.9 Å². The zero-order valence-electron chi connectivity index (χ0n) is 13.9. The summed E-state index contributed by atoms with van der Waals surface area (Å²) in [6.07, 6.45) is 2.87. The molecule has 120 valence electrons. The SMILES string of the molecule is CC(C)c1cc(NC[C@H](O)c2cnn(C)c2)nc(C(C)C)n1. The molecule has 0 radical (unpaired) electrons. The summed E-state index contributed by atoms with van der Waals surface area (Å²) in [6.45, 7) is 8.76. The Kier molecular flexibility index (Phi) is 5.13. The van der Waals surface area contributed by atoms with Crippen molar-refractivity contribution in [2.75, 3.05) is 11.9 Å². The molecular formula is C16H25N5O. The number of aryl methyl sites for hydroxylation is 1. The van der Waals surface area contributed by atoms with E-state index < -0.39 is 6.10 Å². The number of aromatic nitrogens is 4. The molecule has 0 amide bonds. The molecule has 6 nitrogen and oxygen atoms in total. The van der Waals surface area contributed by atoms with Crippen molar-refractivity contribution in [2.45, 2.75) is 45.6 Å². The molecule has 2 rings (SSSR count). The van der Waals surface area contributed by atoms with Gasteiger partial charge in [0.25, 0.3) is 0 Å². The summed E-state index contributed by atoms with van der Waals surface area (Å²) in [5.41, 5.74) is 1.80. The van der Waals surface area contributed by atoms with Crippen molar-refractivity contribution in [3.63, 3.8) is 0 Å². The average Bonchev–Trinajstić information content (AvgIpc) is 2.91. The monoisotopic (exact) mass is 303 g/mol. The van der Waals surface area contributed by atoms with E-state index in [1.807, 2.05) is 19.3 Å². The molecule has 0 aliphatic rings. The minimum absolute atomic E-state index is 0.266. The van der Waals surface area contributed by atoms with Gasteiger partial charge in [-0.2, -0.15) is 5.10 Å². The maximum atomic E-state index is 10.2. The molecule has 0 spiro atoms. The number of anilines is 1. The first kappa shape index (κ1) is 16.4. The Balaban J connectivity index is 2.11. The molecule has 2 aromatic heterocycles. The van der Waals surface area contributed by atoms with Gasteiger partial charge in [0.1, 0.15) is 11.6 Å². The Morgan fingerprint density at radius 2 is 1.91 bits per heavy atom. The van der Waals surface area contributed by atoms with Crippen LogP contribution in [-0.2, 0) is 7.05 Å². The van der Waals surface area contributed by atoms with Crippen LogP contribution in [0.5, 0.6) is 0 Å². The molecule has 0 unspecified atom stereocenters. The van der Waals surface area contributed by atoms with Gasteiger partial charge in [-0.3, -0.25) is 4.68 Å². The van der Waals surface area contributed by atoms with Crippen LogP contribution in [0.2, 0.25) is 0 Å². The van der Waals surface area contributed by atoms with Gasteiger partial charge in [-0.05, 0) is 5.92 Å². The highest BCUT2D eigenvalue weighted by molar-refractivity contribution is 5.38. The average molecular weight is 303 g/mol. The first-order valence-electron chi connectivity index (χ1n) is 7.66. The number of hydrogen-bond donors (Lipinski definition) is 2. The van der Waals surface area contributed by atoms with Gasteiger partial charge >= 0.3 is 0 Å². The van der Waals surface area contributed by atoms with Crippen molar-refractivity contribution < 1.29 is 5.11 Å². The number of aliphatic hydroxyl groups excluding tert-OH is 1. The lowest BCUT2D eigenvalue weighted by Gasteiger charge is -2.15. The van der Waals surface area contributed by atoms with Crippen molar-refractivity contribution in [2.24, 2.45) is 7.05 Å². The first-order chi connectivity index (χ1) is 10.4. The van der Waals surface area contributed by atoms with E-state index in [9.17, 15) is 5.11 Å². The van der Waals surface area contributed by atoms with Crippen molar-refractivity contribution in [1.29, 1.82) is 0 Å². The van der Waals surface area contributed by atoms with E-state index in [0.717, 1.165) is 22.9 Å². The van der Waals surface area contributed by atoms with E-state index in [1.165, 1.54) is 0 Å². The molecule has 2 heterocycles. The molecule has 0 fully saturated rings. The van der Waals surface area contributed by atoms with Crippen LogP contribution < -0.4 is 5.32 Å². The molecule has 2 aromatic rings. The fourth-order valence-electron chi connectivity index (χ4n) is 2.06. The van der Waals surface area contributed by atoms with E-state index in [2.05, 4.69) is 48.1 Å². The highest BCUT2D eigenvalue weighted by Gasteiger charge is 2.13. The normalized spacial score (nSPS) is 12.9. The van der Waals surface area contributed by atoms with Crippen molar-refractivity contribution in [1.82, 2.24) is 19.7 Å². The Labute approximate surface area is 131 Å². The highest BCUT2D eigenvalue weighted by Crippen LogP contribution is 2.20. The third-order valence-corrected chi connectivity index (χ3v) is 3.46. The van der Waals surface area contributed by atoms with Gasteiger partial charge in [0.05, 0.1) is 12.3 Å². The van der Waals surface area contributed by atoms with Gasteiger partial charge in [0.2, 0.25) is 0 Å². The summed E-state index contributed by atoms with van der Waals surface area (Å²) in [5, 5.41) is 17.5. The van der Waals surface area contributed by atoms with Crippen molar-refractivity contribution in [3.8, 4) is 0 Å². The molecule has 0 aliphatic carbocycles. The number of hydrogen-bond acceptors (Lipinski definition) is 5. The van der Waals surface area contributed by atoms with E-state index in [4.69, 9.17) is 0 Å². The fourth-order valence-corrected chi connectivity index (χ4v) is 2.06. The second-order valence-corrected chi connectivity index (χ2v) is 6.19. The van der Waals surface area contributed by atoms with Crippen LogP contribution in [0.15, 0.2) is 18.5 Å². The molecule has 0 aliphatic heterocycles. The summed E-state index contributed by atoms with van der Waals surface area (Å²) in [4.78, 5) is 9.13. The molecule has 22 heavy (non-hydrogen) atoms. The van der Waals surface area contributed by atoms with E-state index >= 15 is 0 Å². The van der Waals surface area contributed by atoms with Crippen molar-refractivity contribution >= 4 is 5.82 Å². The lowest BCUT2D eigenvalue weighted by molar-refractivity contribution is 0.191. The Morgan fingerprint density at radius 3 is 2.45 bits per heavy atom. The fraction of sp³-hybridized carbons (Fsp3) is 0.562. The summed E-state index contributed by atoms with van der Waals surface area (Å²) in [5.74, 6) is 2.18. The molecule has 1 atom stereocenters. The van der Waals surface area contributed by atoms with Gasteiger partial charge in [0.15, 0.2) is 0 Å². The van der Waals surface area contributed by atoms with Gasteiger partial charge in [0, 0.05) is 43.0 Å². The van der Waals surface area contributed by atoms with Crippen LogP contribution in [0.3, 0.4) is 0 Å². The predicted octanol–water partition coefficient (Wildman–Crippen LogP) is 2.60. The molecular weight excluding hydrogens is 278 g/mol. The Hall–Kier alpha value is -1.95. The minimum Gasteiger partial charge on any atom is -0.386 e. The van der Waals surface area contributed by atoms with Gasteiger partial charge < -0.3 is 10.4 Å². The minimum atomic E-state index is -0.617. The third kappa shape index (κ3) is 4.04. The smallest absolute Gasteiger partial charge is 0.133 e.